The Labute approximate surface area is 161 Å². The summed E-state index contributed by atoms with van der Waals surface area (Å²) in [5.41, 5.74) is 1.21. The monoisotopic (exact) mass is 444 g/mol. The first kappa shape index (κ1) is 19.8. The molecule has 1 amide bonds. The SMILES string of the molecule is CS(=O)(=O)N(CCCC(=O)Nc1ccccc1Br)c1ccc(Cl)cc1. The zero-order chi connectivity index (χ0) is 18.4. The third-order valence-electron chi connectivity index (χ3n) is 3.43. The highest BCUT2D eigenvalue weighted by Crippen LogP contribution is 2.22. The van der Waals surface area contributed by atoms with E-state index in [-0.39, 0.29) is 18.9 Å². The molecule has 5 nitrogen and oxygen atoms in total. The number of sulfonamides is 1. The Morgan fingerprint density at radius 3 is 2.40 bits per heavy atom. The summed E-state index contributed by atoms with van der Waals surface area (Å²) in [6, 6.07) is 13.9. The molecule has 2 aromatic carbocycles. The molecular formula is C17H18BrClN2O3S. The minimum absolute atomic E-state index is 0.170. The van der Waals surface area contributed by atoms with Crippen molar-refractivity contribution in [3.05, 3.63) is 58.0 Å². The smallest absolute Gasteiger partial charge is 0.232 e. The predicted molar refractivity (Wildman–Crippen MR) is 106 cm³/mol. The van der Waals surface area contributed by atoms with Crippen molar-refractivity contribution < 1.29 is 13.2 Å². The number of para-hydroxylation sites is 1. The van der Waals surface area contributed by atoms with E-state index in [1.807, 2.05) is 18.2 Å². The molecule has 0 radical (unpaired) electrons. The number of rotatable bonds is 7. The number of nitrogens with one attached hydrogen (secondary N) is 1. The fourth-order valence-corrected chi connectivity index (χ4v) is 3.73. The molecule has 0 aliphatic carbocycles. The van der Waals surface area contributed by atoms with Gasteiger partial charge >= 0.3 is 0 Å². The van der Waals surface area contributed by atoms with Crippen LogP contribution in [-0.2, 0) is 14.8 Å². The molecule has 0 unspecified atom stereocenters. The van der Waals surface area contributed by atoms with Crippen molar-refractivity contribution in [2.75, 3.05) is 22.4 Å². The van der Waals surface area contributed by atoms with Crippen molar-refractivity contribution in [1.82, 2.24) is 0 Å². The van der Waals surface area contributed by atoms with Crippen molar-refractivity contribution >= 4 is 54.8 Å². The number of benzene rings is 2. The minimum Gasteiger partial charge on any atom is -0.325 e. The molecule has 0 fully saturated rings. The van der Waals surface area contributed by atoms with E-state index in [0.29, 0.717) is 22.8 Å². The van der Waals surface area contributed by atoms with Gasteiger partial charge in [0.1, 0.15) is 0 Å². The van der Waals surface area contributed by atoms with E-state index in [0.717, 1.165) is 10.7 Å². The van der Waals surface area contributed by atoms with E-state index in [2.05, 4.69) is 21.2 Å². The van der Waals surface area contributed by atoms with Crippen molar-refractivity contribution in [2.24, 2.45) is 0 Å². The van der Waals surface area contributed by atoms with Crippen LogP contribution in [0.1, 0.15) is 12.8 Å². The number of carbonyl (C=O) groups is 1. The number of hydrogen-bond donors (Lipinski definition) is 1. The van der Waals surface area contributed by atoms with Gasteiger partial charge in [-0.05, 0) is 58.7 Å². The molecule has 0 bridgehead atoms. The molecule has 25 heavy (non-hydrogen) atoms. The summed E-state index contributed by atoms with van der Waals surface area (Å²) in [7, 11) is -3.44. The summed E-state index contributed by atoms with van der Waals surface area (Å²) in [5.74, 6) is -0.170. The van der Waals surface area contributed by atoms with Gasteiger partial charge in [-0.1, -0.05) is 23.7 Å². The molecule has 2 rings (SSSR count). The quantitative estimate of drug-likeness (QED) is 0.691. The largest absolute Gasteiger partial charge is 0.325 e. The molecule has 0 aliphatic heterocycles. The van der Waals surface area contributed by atoms with E-state index >= 15 is 0 Å². The first-order chi connectivity index (χ1) is 11.8. The van der Waals surface area contributed by atoms with Crippen LogP contribution >= 0.6 is 27.5 Å². The van der Waals surface area contributed by atoms with Gasteiger partial charge in [0.05, 0.1) is 17.6 Å². The van der Waals surface area contributed by atoms with Crippen LogP contribution in [-0.4, -0.2) is 27.1 Å². The summed E-state index contributed by atoms with van der Waals surface area (Å²) in [5, 5.41) is 3.33. The summed E-state index contributed by atoms with van der Waals surface area (Å²) < 4.78 is 26.1. The number of nitrogens with zero attached hydrogens (tertiary/aromatic N) is 1. The van der Waals surface area contributed by atoms with Gasteiger partial charge < -0.3 is 5.32 Å². The van der Waals surface area contributed by atoms with Gasteiger partial charge in [0.25, 0.3) is 0 Å². The van der Waals surface area contributed by atoms with Crippen LogP contribution in [0.3, 0.4) is 0 Å². The normalized spacial score (nSPS) is 11.2. The molecular weight excluding hydrogens is 428 g/mol. The first-order valence-corrected chi connectivity index (χ1v) is 10.6. The fraction of sp³-hybridized carbons (Fsp3) is 0.235. The van der Waals surface area contributed by atoms with E-state index in [1.165, 1.54) is 4.31 Å². The maximum absolute atomic E-state index is 12.1. The van der Waals surface area contributed by atoms with E-state index < -0.39 is 10.0 Å². The Morgan fingerprint density at radius 2 is 1.80 bits per heavy atom. The topological polar surface area (TPSA) is 66.5 Å². The highest BCUT2D eigenvalue weighted by molar-refractivity contribution is 9.10. The van der Waals surface area contributed by atoms with Gasteiger partial charge in [-0.15, -0.1) is 0 Å². The average molecular weight is 446 g/mol. The van der Waals surface area contributed by atoms with Gasteiger partial charge in [-0.2, -0.15) is 0 Å². The Balaban J connectivity index is 1.96. The van der Waals surface area contributed by atoms with Crippen LogP contribution in [0, 0.1) is 0 Å². The predicted octanol–water partition coefficient (Wildman–Crippen LogP) is 4.29. The number of anilines is 2. The average Bonchev–Trinajstić information content (AvgIpc) is 2.54. The number of amides is 1. The van der Waals surface area contributed by atoms with Crippen LogP contribution in [0.2, 0.25) is 5.02 Å². The molecule has 0 aliphatic rings. The molecule has 0 spiro atoms. The Kier molecular flexibility index (Phi) is 6.87. The van der Waals surface area contributed by atoms with Gasteiger partial charge in [0.15, 0.2) is 0 Å². The molecule has 0 heterocycles. The Bertz CT molecular complexity index is 841. The molecule has 2 aromatic rings. The van der Waals surface area contributed by atoms with Gasteiger partial charge in [-0.3, -0.25) is 9.10 Å². The molecule has 0 saturated carbocycles. The maximum Gasteiger partial charge on any atom is 0.232 e. The lowest BCUT2D eigenvalue weighted by Gasteiger charge is -2.22. The van der Waals surface area contributed by atoms with Crippen LogP contribution < -0.4 is 9.62 Å². The summed E-state index contributed by atoms with van der Waals surface area (Å²) >= 11 is 9.21. The van der Waals surface area contributed by atoms with Crippen LogP contribution in [0.25, 0.3) is 0 Å². The number of carbonyl (C=O) groups excluding carboxylic acids is 1. The van der Waals surface area contributed by atoms with Crippen LogP contribution in [0.4, 0.5) is 11.4 Å². The maximum atomic E-state index is 12.1. The zero-order valence-electron chi connectivity index (χ0n) is 13.6. The van der Waals surface area contributed by atoms with Crippen molar-refractivity contribution in [1.29, 1.82) is 0 Å². The lowest BCUT2D eigenvalue weighted by molar-refractivity contribution is -0.116. The van der Waals surface area contributed by atoms with Crippen LogP contribution in [0.5, 0.6) is 0 Å². The molecule has 0 aromatic heterocycles. The summed E-state index contributed by atoms with van der Waals surface area (Å²) in [6.45, 7) is 0.212. The van der Waals surface area contributed by atoms with Crippen LogP contribution in [0.15, 0.2) is 53.0 Å². The first-order valence-electron chi connectivity index (χ1n) is 7.55. The van der Waals surface area contributed by atoms with Gasteiger partial charge in [-0.25, -0.2) is 8.42 Å². The van der Waals surface area contributed by atoms with E-state index in [4.69, 9.17) is 11.6 Å². The molecule has 8 heteroatoms. The summed E-state index contributed by atoms with van der Waals surface area (Å²) in [4.78, 5) is 12.1. The highest BCUT2D eigenvalue weighted by atomic mass is 79.9. The third kappa shape index (κ3) is 6.02. The third-order valence-corrected chi connectivity index (χ3v) is 5.57. The minimum atomic E-state index is -3.44. The fourth-order valence-electron chi connectivity index (χ4n) is 2.25. The number of halogens is 2. The van der Waals surface area contributed by atoms with Crippen molar-refractivity contribution in [3.63, 3.8) is 0 Å². The van der Waals surface area contributed by atoms with Gasteiger partial charge in [0.2, 0.25) is 15.9 Å². The Hall–Kier alpha value is -1.57. The molecule has 134 valence electrons. The lowest BCUT2D eigenvalue weighted by atomic mass is 10.2. The van der Waals surface area contributed by atoms with Gasteiger partial charge in [0, 0.05) is 22.5 Å². The molecule has 1 N–H and O–H groups in total. The highest BCUT2D eigenvalue weighted by Gasteiger charge is 2.17. The molecule has 0 saturated heterocycles. The summed E-state index contributed by atoms with van der Waals surface area (Å²) in [6.07, 6.45) is 1.75. The Morgan fingerprint density at radius 1 is 1.16 bits per heavy atom. The second kappa shape index (κ2) is 8.69. The van der Waals surface area contributed by atoms with E-state index in [1.54, 1.807) is 30.3 Å². The van der Waals surface area contributed by atoms with Crippen molar-refractivity contribution in [3.8, 4) is 0 Å². The molecule has 0 atom stereocenters. The zero-order valence-corrected chi connectivity index (χ0v) is 16.7. The second-order valence-corrected chi connectivity index (χ2v) is 8.64. The van der Waals surface area contributed by atoms with E-state index in [9.17, 15) is 13.2 Å². The van der Waals surface area contributed by atoms with Crippen molar-refractivity contribution in [2.45, 2.75) is 12.8 Å². The standard InChI is InChI=1S/C17H18BrClN2O3S/c1-25(23,24)21(14-10-8-13(19)9-11-14)12-4-7-17(22)20-16-6-3-2-5-15(16)18/h2-3,5-6,8-11H,4,7,12H2,1H3,(H,20,22). The number of hydrogen-bond acceptors (Lipinski definition) is 3. The lowest BCUT2D eigenvalue weighted by Crippen LogP contribution is -2.31. The second-order valence-electron chi connectivity index (χ2n) is 5.44.